The third kappa shape index (κ3) is 7.01. The van der Waals surface area contributed by atoms with Gasteiger partial charge in [-0.2, -0.15) is 0 Å². The first-order chi connectivity index (χ1) is 17.8. The zero-order valence-electron chi connectivity index (χ0n) is 25.6. The van der Waals surface area contributed by atoms with E-state index < -0.39 is 5.41 Å². The normalized spacial score (nSPS) is 22.9. The van der Waals surface area contributed by atoms with Gasteiger partial charge in [0.15, 0.2) is 0 Å². The molecule has 1 aliphatic carbocycles. The first-order valence-electron chi connectivity index (χ1n) is 14.9. The summed E-state index contributed by atoms with van der Waals surface area (Å²) in [6.07, 6.45) is 8.33. The number of rotatable bonds is 11. The van der Waals surface area contributed by atoms with Gasteiger partial charge in [-0.15, -0.1) is 0 Å². The highest BCUT2D eigenvalue weighted by Gasteiger charge is 2.45. The number of ether oxygens (including phenoxy) is 2. The van der Waals surface area contributed by atoms with Gasteiger partial charge in [-0.25, -0.2) is 0 Å². The van der Waals surface area contributed by atoms with Crippen LogP contribution >= 0.6 is 0 Å². The van der Waals surface area contributed by atoms with Crippen molar-refractivity contribution in [1.82, 2.24) is 0 Å². The third-order valence-corrected chi connectivity index (χ3v) is 8.72. The fourth-order valence-corrected chi connectivity index (χ4v) is 6.95. The Morgan fingerprint density at radius 2 is 1.37 bits per heavy atom. The molecule has 38 heavy (non-hydrogen) atoms. The van der Waals surface area contributed by atoms with Crippen LogP contribution < -0.4 is 9.47 Å². The molecule has 1 aliphatic rings. The van der Waals surface area contributed by atoms with Gasteiger partial charge in [-0.05, 0) is 106 Å². The first kappa shape index (κ1) is 30.3. The van der Waals surface area contributed by atoms with Crippen molar-refractivity contribution in [2.75, 3.05) is 0 Å². The summed E-state index contributed by atoms with van der Waals surface area (Å²) in [5.41, 5.74) is 2.15. The van der Waals surface area contributed by atoms with Gasteiger partial charge in [0, 0.05) is 5.41 Å². The van der Waals surface area contributed by atoms with Gasteiger partial charge in [0.25, 0.3) is 0 Å². The van der Waals surface area contributed by atoms with E-state index in [1.165, 1.54) is 17.5 Å². The number of hydrogen-bond acceptors (Lipinski definition) is 3. The Hall–Kier alpha value is -2.29. The first-order valence-corrected chi connectivity index (χ1v) is 14.9. The smallest absolute Gasteiger partial charge is 0.316 e. The van der Waals surface area contributed by atoms with Crippen molar-refractivity contribution in [3.63, 3.8) is 0 Å². The minimum atomic E-state index is -0.480. The number of benzene rings is 2. The Morgan fingerprint density at radius 1 is 0.842 bits per heavy atom. The van der Waals surface area contributed by atoms with Gasteiger partial charge in [-0.1, -0.05) is 78.6 Å². The van der Waals surface area contributed by atoms with E-state index in [1.807, 2.05) is 26.0 Å². The summed E-state index contributed by atoms with van der Waals surface area (Å²) < 4.78 is 12.3. The molecular formula is C35H52O3. The second-order valence-electron chi connectivity index (χ2n) is 13.7. The van der Waals surface area contributed by atoms with Crippen molar-refractivity contribution in [2.45, 2.75) is 125 Å². The molecule has 0 heterocycles. The van der Waals surface area contributed by atoms with E-state index in [9.17, 15) is 4.79 Å². The van der Waals surface area contributed by atoms with Gasteiger partial charge in [0.2, 0.25) is 0 Å². The highest BCUT2D eigenvalue weighted by Crippen LogP contribution is 2.53. The van der Waals surface area contributed by atoms with Crippen LogP contribution in [0.15, 0.2) is 48.5 Å². The Labute approximate surface area is 232 Å². The van der Waals surface area contributed by atoms with Crippen LogP contribution in [0.5, 0.6) is 11.5 Å². The Kier molecular flexibility index (Phi) is 9.43. The van der Waals surface area contributed by atoms with Crippen molar-refractivity contribution in [3.8, 4) is 11.5 Å². The van der Waals surface area contributed by atoms with E-state index in [4.69, 9.17) is 9.47 Å². The standard InChI is InChI=1S/C35H52O3/c1-10-21-33(7,8)31(36)37-29-17-13-27(14-18-29)35(24-26(4)23-32(5,6)25-35)28-15-19-30(20-16-28)38-34(9,12-3)22-11-2/h13-20,26H,10-12,21-25H2,1-9H3. The Bertz CT molecular complexity index is 1050. The molecule has 210 valence electrons. The highest BCUT2D eigenvalue weighted by atomic mass is 16.5. The lowest BCUT2D eigenvalue weighted by molar-refractivity contribution is -0.144. The van der Waals surface area contributed by atoms with Crippen molar-refractivity contribution >= 4 is 5.97 Å². The zero-order valence-corrected chi connectivity index (χ0v) is 25.6. The fraction of sp³-hybridized carbons (Fsp3) is 0.629. The van der Waals surface area contributed by atoms with Gasteiger partial charge >= 0.3 is 5.97 Å². The maximum absolute atomic E-state index is 12.8. The molecule has 2 aromatic carbocycles. The monoisotopic (exact) mass is 520 g/mol. The van der Waals surface area contributed by atoms with Gasteiger partial charge < -0.3 is 9.47 Å². The average Bonchev–Trinajstić information content (AvgIpc) is 2.83. The lowest BCUT2D eigenvalue weighted by Gasteiger charge is -2.48. The highest BCUT2D eigenvalue weighted by molar-refractivity contribution is 5.78. The molecule has 0 aromatic heterocycles. The summed E-state index contributed by atoms with van der Waals surface area (Å²) in [7, 11) is 0. The predicted octanol–water partition coefficient (Wildman–Crippen LogP) is 9.90. The number of hydrogen-bond donors (Lipinski definition) is 0. The summed E-state index contributed by atoms with van der Waals surface area (Å²) in [4.78, 5) is 12.8. The molecule has 3 unspecified atom stereocenters. The summed E-state index contributed by atoms with van der Waals surface area (Å²) in [6, 6.07) is 17.2. The van der Waals surface area contributed by atoms with Crippen LogP contribution in [0.25, 0.3) is 0 Å². The predicted molar refractivity (Wildman–Crippen MR) is 159 cm³/mol. The molecule has 3 atom stereocenters. The van der Waals surface area contributed by atoms with Crippen molar-refractivity contribution < 1.29 is 14.3 Å². The molecule has 0 bridgehead atoms. The van der Waals surface area contributed by atoms with Crippen LogP contribution in [0, 0.1) is 16.7 Å². The molecule has 2 aromatic rings. The van der Waals surface area contributed by atoms with E-state index in [0.29, 0.717) is 11.7 Å². The molecule has 3 heteroatoms. The molecule has 3 nitrogen and oxygen atoms in total. The topological polar surface area (TPSA) is 35.5 Å². The Balaban J connectivity index is 1.95. The molecule has 1 saturated carbocycles. The van der Waals surface area contributed by atoms with Gasteiger partial charge in [0.05, 0.1) is 5.41 Å². The van der Waals surface area contributed by atoms with Crippen LogP contribution in [0.2, 0.25) is 0 Å². The maximum Gasteiger partial charge on any atom is 0.316 e. The molecule has 0 spiro atoms. The van der Waals surface area contributed by atoms with Gasteiger partial charge in [-0.3, -0.25) is 4.79 Å². The van der Waals surface area contributed by atoms with E-state index in [1.54, 1.807) is 0 Å². The molecule has 0 aliphatic heterocycles. The molecule has 1 fully saturated rings. The molecule has 0 saturated heterocycles. The summed E-state index contributed by atoms with van der Waals surface area (Å²) in [6.45, 7) is 19.9. The zero-order chi connectivity index (χ0) is 28.2. The van der Waals surface area contributed by atoms with Crippen LogP contribution in [-0.2, 0) is 10.2 Å². The molecule has 0 amide bonds. The third-order valence-electron chi connectivity index (χ3n) is 8.72. The van der Waals surface area contributed by atoms with Crippen molar-refractivity contribution in [3.05, 3.63) is 59.7 Å². The number of esters is 1. The van der Waals surface area contributed by atoms with Gasteiger partial charge in [0.1, 0.15) is 17.1 Å². The molecule has 0 N–H and O–H groups in total. The summed E-state index contributed by atoms with van der Waals surface area (Å²) in [5, 5.41) is 0. The lowest BCUT2D eigenvalue weighted by atomic mass is 9.55. The summed E-state index contributed by atoms with van der Waals surface area (Å²) in [5.74, 6) is 2.02. The maximum atomic E-state index is 12.8. The van der Waals surface area contributed by atoms with Crippen LogP contribution in [-0.4, -0.2) is 11.6 Å². The quantitative estimate of drug-likeness (QED) is 0.218. The number of carbonyl (C=O) groups excluding carboxylic acids is 1. The molecule has 3 rings (SSSR count). The molecular weight excluding hydrogens is 468 g/mol. The molecule has 0 radical (unpaired) electrons. The summed E-state index contributed by atoms with van der Waals surface area (Å²) >= 11 is 0. The number of carbonyl (C=O) groups is 1. The van der Waals surface area contributed by atoms with Crippen molar-refractivity contribution in [1.29, 1.82) is 0 Å². The second kappa shape index (κ2) is 11.8. The fourth-order valence-electron chi connectivity index (χ4n) is 6.95. The minimum Gasteiger partial charge on any atom is -0.488 e. The van der Waals surface area contributed by atoms with Crippen LogP contribution in [0.4, 0.5) is 0 Å². The van der Waals surface area contributed by atoms with E-state index in [2.05, 4.69) is 84.9 Å². The Morgan fingerprint density at radius 3 is 1.84 bits per heavy atom. The lowest BCUT2D eigenvalue weighted by Crippen LogP contribution is -2.41. The second-order valence-corrected chi connectivity index (χ2v) is 13.7. The van der Waals surface area contributed by atoms with E-state index >= 15 is 0 Å². The van der Waals surface area contributed by atoms with Crippen LogP contribution in [0.3, 0.4) is 0 Å². The average molecular weight is 521 g/mol. The minimum absolute atomic E-state index is 0.0960. The van der Waals surface area contributed by atoms with Crippen LogP contribution in [0.1, 0.15) is 125 Å². The van der Waals surface area contributed by atoms with Crippen molar-refractivity contribution in [2.24, 2.45) is 16.7 Å². The van der Waals surface area contributed by atoms with E-state index in [0.717, 1.165) is 50.7 Å². The largest absolute Gasteiger partial charge is 0.488 e. The SMILES string of the molecule is CCCC(C)(CC)Oc1ccc(C2(c3ccc(OC(=O)C(C)(C)CCC)cc3)CC(C)CC(C)(C)C2)cc1. The van der Waals surface area contributed by atoms with E-state index in [-0.39, 0.29) is 22.4 Å².